The summed E-state index contributed by atoms with van der Waals surface area (Å²) >= 11 is 4.07. The van der Waals surface area contributed by atoms with Gasteiger partial charge in [0.15, 0.2) is 9.47 Å². The second-order valence-electron chi connectivity index (χ2n) is 4.81. The minimum absolute atomic E-state index is 0.0924. The number of carbonyl (C=O) groups excluding carboxylic acids is 1. The fourth-order valence-electron chi connectivity index (χ4n) is 1.97. The lowest BCUT2D eigenvalue weighted by Gasteiger charge is -2.11. The quantitative estimate of drug-likeness (QED) is 0.635. The normalized spacial score (nSPS) is 12.0. The van der Waals surface area contributed by atoms with Crippen LogP contribution in [-0.4, -0.2) is 26.3 Å². The van der Waals surface area contributed by atoms with Crippen LogP contribution in [0.2, 0.25) is 0 Å². The van der Waals surface area contributed by atoms with Crippen molar-refractivity contribution in [1.82, 2.24) is 15.2 Å². The van der Waals surface area contributed by atoms with Crippen LogP contribution in [0.5, 0.6) is 0 Å². The van der Waals surface area contributed by atoms with Crippen LogP contribution in [0.25, 0.3) is 11.3 Å². The van der Waals surface area contributed by atoms with E-state index in [1.807, 2.05) is 42.6 Å². The number of thiazole rings is 1. The Morgan fingerprint density at radius 2 is 2.12 bits per heavy atom. The van der Waals surface area contributed by atoms with Gasteiger partial charge in [-0.2, -0.15) is 0 Å². The first kappa shape index (κ1) is 16.9. The maximum absolute atomic E-state index is 12.5. The fraction of sp³-hybridized carbons (Fsp3) is 0.200. The first-order valence-electron chi connectivity index (χ1n) is 7.23. The minimum atomic E-state index is -0.263. The Hall–Kier alpha value is -1.97. The summed E-state index contributed by atoms with van der Waals surface area (Å²) in [7, 11) is 0. The van der Waals surface area contributed by atoms with Gasteiger partial charge in [0.1, 0.15) is 0 Å². The molecule has 0 saturated heterocycles. The fourth-order valence-corrected chi connectivity index (χ4v) is 4.50. The highest BCUT2D eigenvalue weighted by Gasteiger charge is 2.21. The van der Waals surface area contributed by atoms with E-state index in [0.717, 1.165) is 11.3 Å². The second-order valence-corrected chi connectivity index (χ2v) is 8.13. The van der Waals surface area contributed by atoms with E-state index in [4.69, 9.17) is 5.73 Å². The van der Waals surface area contributed by atoms with Gasteiger partial charge in [0, 0.05) is 10.9 Å². The molecule has 3 rings (SSSR count). The molecular weight excluding hydrogens is 362 g/mol. The molecule has 124 valence electrons. The molecule has 1 amide bonds. The Labute approximate surface area is 151 Å². The van der Waals surface area contributed by atoms with Crippen LogP contribution >= 0.6 is 34.4 Å². The molecule has 0 radical (unpaired) electrons. The van der Waals surface area contributed by atoms with Crippen molar-refractivity contribution in [3.8, 4) is 11.3 Å². The Bertz CT molecular complexity index is 817. The van der Waals surface area contributed by atoms with E-state index in [0.29, 0.717) is 21.0 Å². The molecule has 6 nitrogen and oxygen atoms in total. The molecule has 2 heterocycles. The van der Waals surface area contributed by atoms with E-state index in [2.05, 4.69) is 20.5 Å². The first-order valence-corrected chi connectivity index (χ1v) is 9.80. The number of nitrogens with one attached hydrogen (secondary N) is 1. The summed E-state index contributed by atoms with van der Waals surface area (Å²) < 4.78 is 0.693. The van der Waals surface area contributed by atoms with Crippen molar-refractivity contribution < 1.29 is 4.79 Å². The standard InChI is InChI=1S/C15H15N5OS3/c1-2-11(23-15-20-19-13(16)24-15)12(21)18-14-17-10(8-22-14)9-6-4-3-5-7-9/h3-8,11H,2H2,1H3,(H2,16,19)(H,17,18,21). The molecule has 0 aliphatic heterocycles. The average molecular weight is 378 g/mol. The highest BCUT2D eigenvalue weighted by Crippen LogP contribution is 2.30. The average Bonchev–Trinajstić information content (AvgIpc) is 3.22. The largest absolute Gasteiger partial charge is 0.374 e. The number of nitrogen functional groups attached to an aromatic ring is 1. The number of thioether (sulfide) groups is 1. The molecule has 1 atom stereocenters. The van der Waals surface area contributed by atoms with Gasteiger partial charge >= 0.3 is 0 Å². The van der Waals surface area contributed by atoms with Gasteiger partial charge < -0.3 is 11.1 Å². The lowest BCUT2D eigenvalue weighted by atomic mass is 10.2. The Kier molecular flexibility index (Phi) is 5.44. The summed E-state index contributed by atoms with van der Waals surface area (Å²) in [5.41, 5.74) is 7.46. The molecule has 3 N–H and O–H groups in total. The topological polar surface area (TPSA) is 93.8 Å². The molecule has 9 heteroatoms. The van der Waals surface area contributed by atoms with Crippen LogP contribution in [0.4, 0.5) is 10.3 Å². The Morgan fingerprint density at radius 3 is 2.79 bits per heavy atom. The van der Waals surface area contributed by atoms with E-state index in [-0.39, 0.29) is 11.2 Å². The number of amides is 1. The lowest BCUT2D eigenvalue weighted by Crippen LogP contribution is -2.24. The number of benzene rings is 1. The molecule has 0 spiro atoms. The van der Waals surface area contributed by atoms with Crippen LogP contribution in [0.3, 0.4) is 0 Å². The minimum Gasteiger partial charge on any atom is -0.374 e. The summed E-state index contributed by atoms with van der Waals surface area (Å²) in [5.74, 6) is -0.0924. The highest BCUT2D eigenvalue weighted by molar-refractivity contribution is 8.02. The predicted molar refractivity (Wildman–Crippen MR) is 100 cm³/mol. The molecule has 1 unspecified atom stereocenters. The molecule has 0 aliphatic rings. The molecule has 0 bridgehead atoms. The summed E-state index contributed by atoms with van der Waals surface area (Å²) in [6, 6.07) is 9.87. The predicted octanol–water partition coefficient (Wildman–Crippen LogP) is 3.75. The van der Waals surface area contributed by atoms with Crippen molar-refractivity contribution in [3.63, 3.8) is 0 Å². The highest BCUT2D eigenvalue weighted by atomic mass is 32.2. The van der Waals surface area contributed by atoms with E-state index in [9.17, 15) is 4.79 Å². The summed E-state index contributed by atoms with van der Waals surface area (Å²) in [6.45, 7) is 1.96. The van der Waals surface area contributed by atoms with Gasteiger partial charge in [0.2, 0.25) is 11.0 Å². The first-order chi connectivity index (χ1) is 11.7. The van der Waals surface area contributed by atoms with Gasteiger partial charge in [-0.1, -0.05) is 60.4 Å². The van der Waals surface area contributed by atoms with E-state index >= 15 is 0 Å². The summed E-state index contributed by atoms with van der Waals surface area (Å²) in [6.07, 6.45) is 0.674. The van der Waals surface area contributed by atoms with Gasteiger partial charge in [-0.15, -0.1) is 21.5 Å². The van der Waals surface area contributed by atoms with Crippen molar-refractivity contribution in [2.24, 2.45) is 0 Å². The van der Waals surface area contributed by atoms with Gasteiger partial charge in [-0.3, -0.25) is 4.79 Å². The number of carbonyl (C=O) groups is 1. The molecule has 0 aliphatic carbocycles. The summed E-state index contributed by atoms with van der Waals surface area (Å²) in [5, 5.41) is 13.3. The molecule has 2 aromatic heterocycles. The number of hydrogen-bond acceptors (Lipinski definition) is 8. The monoisotopic (exact) mass is 377 g/mol. The van der Waals surface area contributed by atoms with Crippen molar-refractivity contribution in [2.45, 2.75) is 22.9 Å². The third kappa shape index (κ3) is 4.11. The maximum atomic E-state index is 12.5. The van der Waals surface area contributed by atoms with E-state index in [1.165, 1.54) is 34.4 Å². The second kappa shape index (κ2) is 7.73. The number of nitrogens with zero attached hydrogens (tertiary/aromatic N) is 3. The lowest BCUT2D eigenvalue weighted by molar-refractivity contribution is -0.115. The molecule has 1 aromatic carbocycles. The van der Waals surface area contributed by atoms with E-state index < -0.39 is 0 Å². The zero-order valence-corrected chi connectivity index (χ0v) is 15.3. The van der Waals surface area contributed by atoms with Gasteiger partial charge in [0.25, 0.3) is 0 Å². The molecule has 3 aromatic rings. The van der Waals surface area contributed by atoms with Crippen LogP contribution < -0.4 is 11.1 Å². The molecule has 24 heavy (non-hydrogen) atoms. The number of hydrogen-bond donors (Lipinski definition) is 2. The zero-order valence-electron chi connectivity index (χ0n) is 12.8. The molecule has 0 saturated carbocycles. The van der Waals surface area contributed by atoms with Crippen molar-refractivity contribution >= 4 is 50.6 Å². The smallest absolute Gasteiger partial charge is 0.239 e. The van der Waals surface area contributed by atoms with Crippen LogP contribution in [0.15, 0.2) is 40.1 Å². The van der Waals surface area contributed by atoms with Gasteiger partial charge in [0.05, 0.1) is 10.9 Å². The van der Waals surface area contributed by atoms with Crippen LogP contribution in [0.1, 0.15) is 13.3 Å². The zero-order chi connectivity index (χ0) is 16.9. The molecular formula is C15H15N5OS3. The van der Waals surface area contributed by atoms with E-state index in [1.54, 1.807) is 0 Å². The third-order valence-electron chi connectivity index (χ3n) is 3.13. The number of anilines is 2. The third-order valence-corrected chi connectivity index (χ3v) is 6.09. The summed E-state index contributed by atoms with van der Waals surface area (Å²) in [4.78, 5) is 16.9. The maximum Gasteiger partial charge on any atom is 0.239 e. The molecule has 0 fully saturated rings. The number of aromatic nitrogens is 3. The van der Waals surface area contributed by atoms with Crippen molar-refractivity contribution in [1.29, 1.82) is 0 Å². The number of rotatable bonds is 6. The Balaban J connectivity index is 1.66. The number of nitrogens with two attached hydrogens (primary N) is 1. The van der Waals surface area contributed by atoms with Crippen LogP contribution in [-0.2, 0) is 4.79 Å². The van der Waals surface area contributed by atoms with Gasteiger partial charge in [-0.05, 0) is 6.42 Å². The van der Waals surface area contributed by atoms with Crippen molar-refractivity contribution in [3.05, 3.63) is 35.7 Å². The van der Waals surface area contributed by atoms with Crippen LogP contribution in [0, 0.1) is 0 Å². The Morgan fingerprint density at radius 1 is 1.33 bits per heavy atom. The van der Waals surface area contributed by atoms with Gasteiger partial charge in [-0.25, -0.2) is 4.98 Å². The van der Waals surface area contributed by atoms with Crippen molar-refractivity contribution in [2.75, 3.05) is 11.1 Å². The SMILES string of the molecule is CCC(Sc1nnc(N)s1)C(=O)Nc1nc(-c2ccccc2)cs1.